The van der Waals surface area contributed by atoms with Gasteiger partial charge in [0.2, 0.25) is 10.0 Å². The molecule has 0 amide bonds. The minimum atomic E-state index is -3.20. The molecule has 2 heterocycles. The lowest BCUT2D eigenvalue weighted by molar-refractivity contribution is 0.321. The summed E-state index contributed by atoms with van der Waals surface area (Å²) < 4.78 is 25.0. The minimum Gasteiger partial charge on any atom is -0.354 e. The third kappa shape index (κ3) is 3.41. The molecule has 1 saturated heterocycles. The lowest BCUT2D eigenvalue weighted by atomic mass is 10.1. The van der Waals surface area contributed by atoms with Crippen molar-refractivity contribution in [1.29, 1.82) is 0 Å². The third-order valence-electron chi connectivity index (χ3n) is 4.31. The highest BCUT2D eigenvalue weighted by Crippen LogP contribution is 2.29. The van der Waals surface area contributed by atoms with Crippen molar-refractivity contribution in [3.05, 3.63) is 29.5 Å². The Labute approximate surface area is 141 Å². The first-order valence-electron chi connectivity index (χ1n) is 7.44. The molecule has 1 aromatic heterocycles. The van der Waals surface area contributed by atoms with E-state index in [1.54, 1.807) is 13.1 Å². The molecule has 1 aliphatic heterocycles. The van der Waals surface area contributed by atoms with Crippen molar-refractivity contribution in [2.75, 3.05) is 31.3 Å². The van der Waals surface area contributed by atoms with Crippen molar-refractivity contribution in [3.63, 3.8) is 0 Å². The van der Waals surface area contributed by atoms with Gasteiger partial charge in [0.05, 0.1) is 11.8 Å². The molecular weight excluding hydrogens is 336 g/mol. The molecule has 0 aliphatic carbocycles. The number of benzene rings is 1. The van der Waals surface area contributed by atoms with E-state index in [0.717, 1.165) is 36.1 Å². The smallest absolute Gasteiger partial charge is 0.211 e. The molecule has 1 fully saturated rings. The van der Waals surface area contributed by atoms with E-state index >= 15 is 0 Å². The molecule has 3 rings (SSSR count). The fourth-order valence-corrected chi connectivity index (χ4v) is 3.87. The van der Waals surface area contributed by atoms with Crippen LogP contribution in [0.5, 0.6) is 0 Å². The predicted octanol–water partition coefficient (Wildman–Crippen LogP) is 2.14. The highest BCUT2D eigenvalue weighted by Gasteiger charge is 2.29. The zero-order chi connectivity index (χ0) is 16.6. The van der Waals surface area contributed by atoms with Crippen LogP contribution in [0.3, 0.4) is 0 Å². The van der Waals surface area contributed by atoms with E-state index in [-0.39, 0.29) is 6.04 Å². The Morgan fingerprint density at radius 1 is 1.35 bits per heavy atom. The average Bonchev–Trinajstić information content (AvgIpc) is 2.52. The summed E-state index contributed by atoms with van der Waals surface area (Å²) in [7, 11) is -1.57. The molecule has 8 heteroatoms. The van der Waals surface area contributed by atoms with E-state index in [4.69, 9.17) is 11.6 Å². The second-order valence-corrected chi connectivity index (χ2v) is 8.36. The van der Waals surface area contributed by atoms with Crippen LogP contribution in [0.2, 0.25) is 5.02 Å². The summed E-state index contributed by atoms with van der Waals surface area (Å²) in [5.74, 6) is 0.809. The second kappa shape index (κ2) is 6.22. The Morgan fingerprint density at radius 3 is 2.87 bits per heavy atom. The van der Waals surface area contributed by atoms with E-state index < -0.39 is 10.0 Å². The van der Waals surface area contributed by atoms with Crippen molar-refractivity contribution in [3.8, 4) is 0 Å². The summed E-state index contributed by atoms with van der Waals surface area (Å²) in [5, 5.41) is 1.53. The molecule has 1 aromatic carbocycles. The number of rotatable bonds is 3. The molecule has 0 spiro atoms. The van der Waals surface area contributed by atoms with Crippen LogP contribution < -0.4 is 4.90 Å². The zero-order valence-corrected chi connectivity index (χ0v) is 14.7. The topological polar surface area (TPSA) is 66.4 Å². The van der Waals surface area contributed by atoms with E-state index in [1.165, 1.54) is 16.9 Å². The summed E-state index contributed by atoms with van der Waals surface area (Å²) in [4.78, 5) is 10.8. The minimum absolute atomic E-state index is 0.0528. The summed E-state index contributed by atoms with van der Waals surface area (Å²) in [6, 6.07) is 5.48. The van der Waals surface area contributed by atoms with Crippen LogP contribution in [0.4, 0.5) is 5.82 Å². The van der Waals surface area contributed by atoms with E-state index in [0.29, 0.717) is 11.6 Å². The number of hydrogen-bond acceptors (Lipinski definition) is 5. The Balaban J connectivity index is 1.94. The quantitative estimate of drug-likeness (QED) is 0.844. The third-order valence-corrected chi connectivity index (χ3v) is 5.89. The Hall–Kier alpha value is -1.44. The molecule has 124 valence electrons. The second-order valence-electron chi connectivity index (χ2n) is 5.88. The van der Waals surface area contributed by atoms with Crippen LogP contribution in [0.25, 0.3) is 10.9 Å². The molecule has 6 nitrogen and oxygen atoms in total. The highest BCUT2D eigenvalue weighted by molar-refractivity contribution is 7.88. The number of fused-ring (bicyclic) bond motifs is 1. The first-order chi connectivity index (χ1) is 10.9. The Morgan fingerprint density at radius 2 is 2.13 bits per heavy atom. The van der Waals surface area contributed by atoms with Gasteiger partial charge in [0, 0.05) is 36.6 Å². The maximum absolute atomic E-state index is 11.8. The zero-order valence-electron chi connectivity index (χ0n) is 13.1. The van der Waals surface area contributed by atoms with Crippen LogP contribution in [-0.2, 0) is 10.0 Å². The maximum Gasteiger partial charge on any atom is 0.211 e. The highest BCUT2D eigenvalue weighted by atomic mass is 35.5. The molecule has 0 N–H and O–H groups in total. The molecule has 23 heavy (non-hydrogen) atoms. The molecule has 1 atom stereocenters. The number of hydrogen-bond donors (Lipinski definition) is 0. The molecule has 1 unspecified atom stereocenters. The van der Waals surface area contributed by atoms with Gasteiger partial charge in [-0.25, -0.2) is 22.7 Å². The van der Waals surface area contributed by atoms with Gasteiger partial charge in [-0.15, -0.1) is 0 Å². The Bertz CT molecular complexity index is 827. The largest absolute Gasteiger partial charge is 0.354 e. The van der Waals surface area contributed by atoms with Crippen molar-refractivity contribution >= 4 is 38.3 Å². The summed E-state index contributed by atoms with van der Waals surface area (Å²) in [6.07, 6.45) is 4.54. The number of nitrogens with zero attached hydrogens (tertiary/aromatic N) is 4. The number of aromatic nitrogens is 2. The predicted molar refractivity (Wildman–Crippen MR) is 92.4 cm³/mol. The number of sulfonamides is 1. The van der Waals surface area contributed by atoms with Gasteiger partial charge in [0.15, 0.2) is 0 Å². The number of anilines is 1. The van der Waals surface area contributed by atoms with Gasteiger partial charge < -0.3 is 4.90 Å². The van der Waals surface area contributed by atoms with Crippen LogP contribution in [0.1, 0.15) is 12.8 Å². The van der Waals surface area contributed by atoms with Gasteiger partial charge in [0.1, 0.15) is 12.1 Å². The molecule has 2 aromatic rings. The standard InChI is InChI=1S/C15H19ClN4O2S/c1-19(23(2,21)22)12-4-3-7-20(9-12)15-13-8-11(16)5-6-14(13)17-10-18-15/h5-6,8,10,12H,3-4,7,9H2,1-2H3. The van der Waals surface area contributed by atoms with Crippen LogP contribution in [0.15, 0.2) is 24.5 Å². The SMILES string of the molecule is CN(C1CCCN(c2ncnc3ccc(Cl)cc23)C1)S(C)(=O)=O. The van der Waals surface area contributed by atoms with Gasteiger partial charge in [-0.1, -0.05) is 11.6 Å². The fraction of sp³-hybridized carbons (Fsp3) is 0.467. The van der Waals surface area contributed by atoms with Crippen molar-refractivity contribution in [2.24, 2.45) is 0 Å². The lowest BCUT2D eigenvalue weighted by Gasteiger charge is -2.37. The van der Waals surface area contributed by atoms with E-state index in [1.807, 2.05) is 12.1 Å². The number of halogens is 1. The average molecular weight is 355 g/mol. The van der Waals surface area contributed by atoms with Crippen molar-refractivity contribution in [1.82, 2.24) is 14.3 Å². The van der Waals surface area contributed by atoms with Gasteiger partial charge in [-0.3, -0.25) is 0 Å². The van der Waals surface area contributed by atoms with Crippen molar-refractivity contribution < 1.29 is 8.42 Å². The van der Waals surface area contributed by atoms with Gasteiger partial charge in [-0.2, -0.15) is 0 Å². The van der Waals surface area contributed by atoms with Crippen molar-refractivity contribution in [2.45, 2.75) is 18.9 Å². The molecular formula is C15H19ClN4O2S. The van der Waals surface area contributed by atoms with Gasteiger partial charge >= 0.3 is 0 Å². The summed E-state index contributed by atoms with van der Waals surface area (Å²) >= 11 is 6.11. The Kier molecular flexibility index (Phi) is 4.44. The van der Waals surface area contributed by atoms with E-state index in [2.05, 4.69) is 14.9 Å². The van der Waals surface area contributed by atoms with Crippen LogP contribution in [-0.4, -0.2) is 55.1 Å². The molecule has 0 radical (unpaired) electrons. The normalized spacial score (nSPS) is 19.5. The van der Waals surface area contributed by atoms with E-state index in [9.17, 15) is 8.42 Å². The monoisotopic (exact) mass is 354 g/mol. The van der Waals surface area contributed by atoms with Gasteiger partial charge in [0.25, 0.3) is 0 Å². The lowest BCUT2D eigenvalue weighted by Crippen LogP contribution is -2.48. The molecule has 1 aliphatic rings. The fourth-order valence-electron chi connectivity index (χ4n) is 2.98. The molecule has 0 bridgehead atoms. The number of likely N-dealkylation sites (N-methyl/N-ethyl adjacent to an activating group) is 1. The molecule has 0 saturated carbocycles. The first kappa shape index (κ1) is 16.4. The summed E-state index contributed by atoms with van der Waals surface area (Å²) in [6.45, 7) is 1.45. The van der Waals surface area contributed by atoms with Crippen LogP contribution >= 0.6 is 11.6 Å². The maximum atomic E-state index is 11.8. The number of piperidine rings is 1. The first-order valence-corrected chi connectivity index (χ1v) is 9.67. The summed E-state index contributed by atoms with van der Waals surface area (Å²) in [5.41, 5.74) is 0.831. The van der Waals surface area contributed by atoms with Crippen LogP contribution in [0, 0.1) is 0 Å². The van der Waals surface area contributed by atoms with Gasteiger partial charge in [-0.05, 0) is 31.0 Å².